The number of aliphatic hydroxyl groups is 1. The first-order chi connectivity index (χ1) is 19.2. The molecule has 4 unspecified atom stereocenters. The molecule has 9 atom stereocenters. The van der Waals surface area contributed by atoms with Crippen molar-refractivity contribution in [2.45, 2.75) is 81.7 Å². The summed E-state index contributed by atoms with van der Waals surface area (Å²) >= 11 is 0. The number of rotatable bonds is 7. The minimum absolute atomic E-state index is 0.0111. The molecular weight excluding hydrogens is 516 g/mol. The van der Waals surface area contributed by atoms with Gasteiger partial charge in [-0.15, -0.1) is 0 Å². The zero-order valence-corrected chi connectivity index (χ0v) is 22.9. The van der Waals surface area contributed by atoms with E-state index in [0.717, 1.165) is 55.4 Å². The lowest BCUT2D eigenvalue weighted by Gasteiger charge is -2.60. The Balaban J connectivity index is 0.947. The Morgan fingerprint density at radius 3 is 2.65 bits per heavy atom. The van der Waals surface area contributed by atoms with Gasteiger partial charge in [-0.2, -0.15) is 0 Å². The van der Waals surface area contributed by atoms with Crippen molar-refractivity contribution in [3.05, 3.63) is 23.8 Å². The first-order valence-electron chi connectivity index (χ1n) is 14.8. The van der Waals surface area contributed by atoms with Gasteiger partial charge >= 0.3 is 5.97 Å². The predicted octanol–water partition coefficient (Wildman–Crippen LogP) is 1.41. The third-order valence-electron chi connectivity index (χ3n) is 11.6. The molecule has 1 spiro atoms. The highest BCUT2D eigenvalue weighted by Gasteiger charge is 2.81. The van der Waals surface area contributed by atoms with Crippen molar-refractivity contribution < 1.29 is 38.5 Å². The van der Waals surface area contributed by atoms with Crippen molar-refractivity contribution >= 4 is 23.7 Å². The van der Waals surface area contributed by atoms with E-state index in [0.29, 0.717) is 24.9 Å². The summed E-state index contributed by atoms with van der Waals surface area (Å²) in [7, 11) is 0. The number of carbonyl (C=O) groups is 4. The summed E-state index contributed by atoms with van der Waals surface area (Å²) in [5.41, 5.74) is -0.349. The molecule has 4 saturated carbocycles. The maximum atomic E-state index is 12.4. The number of imide groups is 1. The largest absolute Gasteiger partial charge is 0.458 e. The molecule has 3 amide bonds. The molecule has 0 radical (unpaired) electrons. The van der Waals surface area contributed by atoms with E-state index >= 15 is 0 Å². The van der Waals surface area contributed by atoms with Crippen LogP contribution in [-0.4, -0.2) is 83.4 Å². The maximum absolute atomic E-state index is 12.4. The number of esters is 1. The molecule has 0 aromatic carbocycles. The van der Waals surface area contributed by atoms with E-state index in [1.165, 1.54) is 12.2 Å². The third-order valence-corrected chi connectivity index (χ3v) is 11.6. The summed E-state index contributed by atoms with van der Waals surface area (Å²) in [4.78, 5) is 48.5. The fraction of sp³-hybridized carbons (Fsp3) is 0.733. The number of epoxide rings is 1. The number of carbonyl (C=O) groups excluding carboxylic acids is 4. The Kier molecular flexibility index (Phi) is 6.08. The SMILES string of the molecule is C[C@]12CC[C@H](OCC(=O)NCCN3C(=O)C=CC3=O)CC1CCC1C2CC2O[C@]23[C@@H](C2=CC(=O)OC2)CC[C@]13O. The molecule has 3 aliphatic heterocycles. The van der Waals surface area contributed by atoms with Crippen LogP contribution < -0.4 is 5.32 Å². The fourth-order valence-electron chi connectivity index (χ4n) is 9.66. The summed E-state index contributed by atoms with van der Waals surface area (Å²) in [5.74, 6) is -0.167. The summed E-state index contributed by atoms with van der Waals surface area (Å²) in [6, 6.07) is 0. The van der Waals surface area contributed by atoms with Crippen molar-refractivity contribution in [1.82, 2.24) is 10.2 Å². The Morgan fingerprint density at radius 1 is 1.10 bits per heavy atom. The highest BCUT2D eigenvalue weighted by Crippen LogP contribution is 2.73. The van der Waals surface area contributed by atoms with Gasteiger partial charge in [-0.05, 0) is 80.1 Å². The second kappa shape index (κ2) is 9.22. The van der Waals surface area contributed by atoms with Gasteiger partial charge in [0.25, 0.3) is 11.8 Å². The van der Waals surface area contributed by atoms with Gasteiger partial charge in [-0.1, -0.05) is 6.92 Å². The average Bonchev–Trinajstić information content (AvgIpc) is 3.18. The van der Waals surface area contributed by atoms with E-state index in [-0.39, 0.29) is 72.8 Å². The molecule has 5 fully saturated rings. The quantitative estimate of drug-likeness (QED) is 0.274. The van der Waals surface area contributed by atoms with Crippen LogP contribution in [0.3, 0.4) is 0 Å². The van der Waals surface area contributed by atoms with Crippen LogP contribution in [0.2, 0.25) is 0 Å². The molecule has 10 nitrogen and oxygen atoms in total. The van der Waals surface area contributed by atoms with Crippen LogP contribution in [0.5, 0.6) is 0 Å². The molecule has 0 aromatic rings. The van der Waals surface area contributed by atoms with Crippen molar-refractivity contribution in [3.63, 3.8) is 0 Å². The minimum atomic E-state index is -0.864. The molecule has 40 heavy (non-hydrogen) atoms. The van der Waals surface area contributed by atoms with Gasteiger partial charge in [0.2, 0.25) is 5.91 Å². The maximum Gasteiger partial charge on any atom is 0.331 e. The van der Waals surface area contributed by atoms with Crippen LogP contribution in [0.25, 0.3) is 0 Å². The lowest BCUT2D eigenvalue weighted by atomic mass is 9.45. The lowest BCUT2D eigenvalue weighted by molar-refractivity contribution is -0.171. The zero-order chi connectivity index (χ0) is 27.9. The molecule has 0 aromatic heterocycles. The van der Waals surface area contributed by atoms with Crippen LogP contribution in [0.4, 0.5) is 0 Å². The standard InChI is InChI=1S/C30H38N2O8/c1-28-8-6-19(38-16-24(33)31-10-11-32-25(34)4-5-26(32)35)13-18(28)2-3-21-22(28)14-23-30(40-23)20(7-9-29(21,30)37)17-12-27(36)39-15-17/h4-5,12,18-23,37H,2-3,6-11,13-16H2,1H3,(H,31,33)/t18?,19-,20+,21?,22?,23?,28-,29-,30+/m0/s1. The molecule has 10 heteroatoms. The number of hydrogen-bond donors (Lipinski definition) is 2. The number of cyclic esters (lactones) is 1. The van der Waals surface area contributed by atoms with E-state index < -0.39 is 11.2 Å². The topological polar surface area (TPSA) is 135 Å². The molecule has 4 aliphatic carbocycles. The fourth-order valence-corrected chi connectivity index (χ4v) is 9.66. The Labute approximate surface area is 233 Å². The van der Waals surface area contributed by atoms with Crippen LogP contribution in [0, 0.1) is 29.1 Å². The van der Waals surface area contributed by atoms with Crippen LogP contribution >= 0.6 is 0 Å². The van der Waals surface area contributed by atoms with Gasteiger partial charge in [0.1, 0.15) is 18.8 Å². The monoisotopic (exact) mass is 554 g/mol. The zero-order valence-electron chi connectivity index (χ0n) is 22.9. The third kappa shape index (κ3) is 3.78. The Bertz CT molecular complexity index is 1200. The Morgan fingerprint density at radius 2 is 1.90 bits per heavy atom. The first-order valence-corrected chi connectivity index (χ1v) is 14.8. The Hall–Kier alpha value is -2.56. The summed E-state index contributed by atoms with van der Waals surface area (Å²) in [6.45, 7) is 3.02. The summed E-state index contributed by atoms with van der Waals surface area (Å²) in [5, 5.41) is 15.0. The normalized spacial score (nSPS) is 44.9. The minimum Gasteiger partial charge on any atom is -0.458 e. The highest BCUT2D eigenvalue weighted by atomic mass is 16.6. The number of amides is 3. The van der Waals surface area contributed by atoms with Crippen molar-refractivity contribution in [2.24, 2.45) is 29.1 Å². The molecule has 1 saturated heterocycles. The number of ether oxygens (including phenoxy) is 3. The van der Waals surface area contributed by atoms with E-state index in [4.69, 9.17) is 14.2 Å². The van der Waals surface area contributed by atoms with Gasteiger partial charge in [0.15, 0.2) is 0 Å². The molecule has 7 aliphatic rings. The van der Waals surface area contributed by atoms with Gasteiger partial charge in [-0.25, -0.2) is 4.79 Å². The van der Waals surface area contributed by atoms with Crippen LogP contribution in [0.15, 0.2) is 23.8 Å². The number of nitrogens with zero attached hydrogens (tertiary/aromatic N) is 1. The van der Waals surface area contributed by atoms with E-state index in [1.54, 1.807) is 6.08 Å². The lowest BCUT2D eigenvalue weighted by Crippen LogP contribution is -2.62. The summed E-state index contributed by atoms with van der Waals surface area (Å²) in [6.07, 6.45) is 11.3. The second-order valence-corrected chi connectivity index (χ2v) is 13.2. The summed E-state index contributed by atoms with van der Waals surface area (Å²) < 4.78 is 17.7. The highest BCUT2D eigenvalue weighted by molar-refractivity contribution is 6.12. The average molecular weight is 555 g/mol. The first kappa shape index (κ1) is 26.3. The van der Waals surface area contributed by atoms with Gasteiger partial charge in [-0.3, -0.25) is 19.3 Å². The van der Waals surface area contributed by atoms with Crippen LogP contribution in [-0.2, 0) is 33.4 Å². The molecule has 3 heterocycles. The van der Waals surface area contributed by atoms with Crippen molar-refractivity contribution in [2.75, 3.05) is 26.3 Å². The molecule has 0 bridgehead atoms. The smallest absolute Gasteiger partial charge is 0.331 e. The van der Waals surface area contributed by atoms with Gasteiger partial charge < -0.3 is 24.6 Å². The van der Waals surface area contributed by atoms with E-state index in [9.17, 15) is 24.3 Å². The van der Waals surface area contributed by atoms with Crippen LogP contribution in [0.1, 0.15) is 58.3 Å². The molecule has 7 rings (SSSR count). The molecule has 216 valence electrons. The number of nitrogens with one attached hydrogen (secondary N) is 1. The van der Waals surface area contributed by atoms with Crippen molar-refractivity contribution in [1.29, 1.82) is 0 Å². The van der Waals surface area contributed by atoms with Gasteiger partial charge in [0, 0.05) is 37.2 Å². The predicted molar refractivity (Wildman–Crippen MR) is 139 cm³/mol. The number of fused-ring (bicyclic) bond motifs is 4. The van der Waals surface area contributed by atoms with Crippen molar-refractivity contribution in [3.8, 4) is 0 Å². The van der Waals surface area contributed by atoms with E-state index in [2.05, 4.69) is 12.2 Å². The molecular formula is C30H38N2O8. The molecule has 2 N–H and O–H groups in total. The second-order valence-electron chi connectivity index (χ2n) is 13.2. The van der Waals surface area contributed by atoms with E-state index in [1.807, 2.05) is 0 Å². The number of hydrogen-bond acceptors (Lipinski definition) is 8. The van der Waals surface area contributed by atoms with Gasteiger partial charge in [0.05, 0.1) is 17.8 Å².